The number of carboxylic acids is 1. The Balaban J connectivity index is 2.84. The number of amides is 1. The molecule has 5 nitrogen and oxygen atoms in total. The molecule has 0 atom stereocenters. The maximum absolute atomic E-state index is 11.2. The van der Waals surface area contributed by atoms with Crippen LogP contribution in [0.15, 0.2) is 18.2 Å². The molecule has 0 spiro atoms. The van der Waals surface area contributed by atoms with Crippen molar-refractivity contribution in [2.24, 2.45) is 0 Å². The van der Waals surface area contributed by atoms with Gasteiger partial charge in [-0.3, -0.25) is 9.59 Å². The van der Waals surface area contributed by atoms with E-state index in [1.807, 2.05) is 6.07 Å². The van der Waals surface area contributed by atoms with Gasteiger partial charge in [0.2, 0.25) is 5.91 Å². The minimum atomic E-state index is -1.19. The smallest absolute Gasteiger partial charge is 0.312 e. The molecule has 0 radical (unpaired) electrons. The zero-order chi connectivity index (χ0) is 12.1. The van der Waals surface area contributed by atoms with Crippen LogP contribution < -0.4 is 5.32 Å². The first-order valence-corrected chi connectivity index (χ1v) is 4.55. The fourth-order valence-corrected chi connectivity index (χ4v) is 1.16. The first-order chi connectivity index (χ1) is 7.52. The van der Waals surface area contributed by atoms with Gasteiger partial charge < -0.3 is 10.4 Å². The second kappa shape index (κ2) is 4.94. The molecule has 0 aliphatic heterocycles. The summed E-state index contributed by atoms with van der Waals surface area (Å²) in [6, 6.07) is 6.77. The van der Waals surface area contributed by atoms with E-state index in [9.17, 15) is 9.59 Å². The van der Waals surface area contributed by atoms with E-state index in [-0.39, 0.29) is 0 Å². The lowest BCUT2D eigenvalue weighted by Gasteiger charge is -2.07. The number of carbonyl (C=O) groups is 2. The zero-order valence-electron chi connectivity index (χ0n) is 8.65. The zero-order valence-corrected chi connectivity index (χ0v) is 8.65. The predicted molar refractivity (Wildman–Crippen MR) is 56.8 cm³/mol. The number of aryl methyl sites for hydroxylation is 1. The van der Waals surface area contributed by atoms with Crippen LogP contribution in [0.2, 0.25) is 0 Å². The van der Waals surface area contributed by atoms with Gasteiger partial charge in [0.05, 0.1) is 11.6 Å². The van der Waals surface area contributed by atoms with E-state index < -0.39 is 18.3 Å². The van der Waals surface area contributed by atoms with Crippen LogP contribution in [0.1, 0.15) is 17.5 Å². The van der Waals surface area contributed by atoms with Gasteiger partial charge in [-0.2, -0.15) is 5.26 Å². The van der Waals surface area contributed by atoms with E-state index in [1.165, 1.54) is 6.07 Å². The highest BCUT2D eigenvalue weighted by Gasteiger charge is 2.09. The van der Waals surface area contributed by atoms with Crippen LogP contribution in [-0.2, 0) is 9.59 Å². The quantitative estimate of drug-likeness (QED) is 0.747. The SMILES string of the molecule is Cc1ccc(C#N)cc1NC(=O)CC(=O)O. The Kier molecular flexibility index (Phi) is 3.62. The molecule has 0 aliphatic carbocycles. The van der Waals surface area contributed by atoms with Gasteiger partial charge in [-0.05, 0) is 24.6 Å². The fraction of sp³-hybridized carbons (Fsp3) is 0.182. The maximum Gasteiger partial charge on any atom is 0.312 e. The molecule has 0 heterocycles. The third-order valence-corrected chi connectivity index (χ3v) is 1.95. The molecule has 1 rings (SSSR count). The Morgan fingerprint density at radius 1 is 1.50 bits per heavy atom. The predicted octanol–water partition coefficient (Wildman–Crippen LogP) is 1.28. The second-order valence-corrected chi connectivity index (χ2v) is 3.26. The molecule has 0 saturated carbocycles. The first-order valence-electron chi connectivity index (χ1n) is 4.55. The Labute approximate surface area is 92.3 Å². The van der Waals surface area contributed by atoms with Gasteiger partial charge in [-0.15, -0.1) is 0 Å². The number of carbonyl (C=O) groups excluding carboxylic acids is 1. The maximum atomic E-state index is 11.2. The van der Waals surface area contributed by atoms with Gasteiger partial charge in [0.15, 0.2) is 0 Å². The van der Waals surface area contributed by atoms with Crippen LogP contribution in [0.5, 0.6) is 0 Å². The number of nitriles is 1. The van der Waals surface area contributed by atoms with Gasteiger partial charge in [0.25, 0.3) is 0 Å². The monoisotopic (exact) mass is 218 g/mol. The summed E-state index contributed by atoms with van der Waals surface area (Å²) in [6.45, 7) is 1.76. The number of nitrogens with one attached hydrogen (secondary N) is 1. The van der Waals surface area contributed by atoms with Crippen molar-refractivity contribution < 1.29 is 14.7 Å². The molecular formula is C11H10N2O3. The van der Waals surface area contributed by atoms with Crippen molar-refractivity contribution in [3.63, 3.8) is 0 Å². The summed E-state index contributed by atoms with van der Waals surface area (Å²) < 4.78 is 0. The topological polar surface area (TPSA) is 90.2 Å². The molecule has 1 aromatic carbocycles. The van der Waals surface area contributed by atoms with Gasteiger partial charge in [-0.25, -0.2) is 0 Å². The van der Waals surface area contributed by atoms with Gasteiger partial charge in [0.1, 0.15) is 6.42 Å². The number of hydrogen-bond acceptors (Lipinski definition) is 3. The molecule has 0 aliphatic rings. The number of aliphatic carboxylic acids is 1. The third-order valence-electron chi connectivity index (χ3n) is 1.95. The normalized spacial score (nSPS) is 9.25. The summed E-state index contributed by atoms with van der Waals surface area (Å²) in [7, 11) is 0. The number of anilines is 1. The van der Waals surface area contributed by atoms with Crippen molar-refractivity contribution in [3.8, 4) is 6.07 Å². The molecule has 0 unspecified atom stereocenters. The van der Waals surface area contributed by atoms with E-state index in [0.717, 1.165) is 5.56 Å². The number of benzene rings is 1. The average Bonchev–Trinajstić information content (AvgIpc) is 2.20. The van der Waals surface area contributed by atoms with E-state index in [4.69, 9.17) is 10.4 Å². The van der Waals surface area contributed by atoms with Gasteiger partial charge >= 0.3 is 5.97 Å². The minimum absolute atomic E-state index is 0.413. The molecule has 16 heavy (non-hydrogen) atoms. The van der Waals surface area contributed by atoms with Crippen LogP contribution in [0.4, 0.5) is 5.69 Å². The third kappa shape index (κ3) is 3.10. The average molecular weight is 218 g/mol. The van der Waals surface area contributed by atoms with Crippen molar-refractivity contribution >= 4 is 17.6 Å². The molecular weight excluding hydrogens is 208 g/mol. The summed E-state index contributed by atoms with van der Waals surface area (Å²) >= 11 is 0. The number of hydrogen-bond donors (Lipinski definition) is 2. The Bertz CT molecular complexity index is 475. The Hall–Kier alpha value is -2.35. The highest BCUT2D eigenvalue weighted by molar-refractivity contribution is 6.01. The lowest BCUT2D eigenvalue weighted by molar-refractivity contribution is -0.139. The highest BCUT2D eigenvalue weighted by atomic mass is 16.4. The van der Waals surface area contributed by atoms with Crippen molar-refractivity contribution in [2.75, 3.05) is 5.32 Å². The number of carboxylic acid groups (broad SMARTS) is 1. The largest absolute Gasteiger partial charge is 0.481 e. The van der Waals surface area contributed by atoms with E-state index in [2.05, 4.69) is 5.32 Å². The molecule has 0 aromatic heterocycles. The van der Waals surface area contributed by atoms with Crippen molar-refractivity contribution in [1.82, 2.24) is 0 Å². The summed E-state index contributed by atoms with van der Waals surface area (Å²) in [5.74, 6) is -1.79. The Morgan fingerprint density at radius 2 is 2.19 bits per heavy atom. The van der Waals surface area contributed by atoms with E-state index in [1.54, 1.807) is 19.1 Å². The molecule has 0 bridgehead atoms. The van der Waals surface area contributed by atoms with Gasteiger partial charge in [-0.1, -0.05) is 6.07 Å². The van der Waals surface area contributed by atoms with Crippen LogP contribution >= 0.6 is 0 Å². The van der Waals surface area contributed by atoms with Crippen molar-refractivity contribution in [2.45, 2.75) is 13.3 Å². The standard InChI is InChI=1S/C11H10N2O3/c1-7-2-3-8(6-12)4-9(7)13-10(14)5-11(15)16/h2-4H,5H2,1H3,(H,13,14)(H,15,16). The van der Waals surface area contributed by atoms with Gasteiger partial charge in [0, 0.05) is 5.69 Å². The number of nitrogens with zero attached hydrogens (tertiary/aromatic N) is 1. The lowest BCUT2D eigenvalue weighted by atomic mass is 10.1. The first kappa shape index (κ1) is 11.7. The molecule has 5 heteroatoms. The fourth-order valence-electron chi connectivity index (χ4n) is 1.16. The van der Waals surface area contributed by atoms with E-state index >= 15 is 0 Å². The molecule has 1 aromatic rings. The van der Waals surface area contributed by atoms with Crippen molar-refractivity contribution in [3.05, 3.63) is 29.3 Å². The molecule has 82 valence electrons. The van der Waals surface area contributed by atoms with E-state index in [0.29, 0.717) is 11.3 Å². The summed E-state index contributed by atoms with van der Waals surface area (Å²) in [6.07, 6.45) is -0.587. The Morgan fingerprint density at radius 3 is 2.75 bits per heavy atom. The number of rotatable bonds is 3. The molecule has 0 fully saturated rings. The van der Waals surface area contributed by atoms with Crippen molar-refractivity contribution in [1.29, 1.82) is 5.26 Å². The minimum Gasteiger partial charge on any atom is -0.481 e. The second-order valence-electron chi connectivity index (χ2n) is 3.26. The molecule has 2 N–H and O–H groups in total. The van der Waals surface area contributed by atoms with Crippen LogP contribution in [-0.4, -0.2) is 17.0 Å². The van der Waals surface area contributed by atoms with Crippen LogP contribution in [0, 0.1) is 18.3 Å². The van der Waals surface area contributed by atoms with Crippen LogP contribution in [0.25, 0.3) is 0 Å². The summed E-state index contributed by atoms with van der Waals surface area (Å²) in [5, 5.41) is 19.5. The summed E-state index contributed by atoms with van der Waals surface area (Å²) in [4.78, 5) is 21.5. The summed E-state index contributed by atoms with van der Waals surface area (Å²) in [5.41, 5.74) is 1.65. The lowest BCUT2D eigenvalue weighted by Crippen LogP contribution is -2.16. The highest BCUT2D eigenvalue weighted by Crippen LogP contribution is 2.16. The molecule has 1 amide bonds. The van der Waals surface area contributed by atoms with Crippen LogP contribution in [0.3, 0.4) is 0 Å². The molecule has 0 saturated heterocycles.